The third-order valence-corrected chi connectivity index (χ3v) is 9.84. The summed E-state index contributed by atoms with van der Waals surface area (Å²) in [6.45, 7) is 6.41. The van der Waals surface area contributed by atoms with Crippen LogP contribution in [0, 0.1) is 0 Å². The van der Waals surface area contributed by atoms with E-state index in [2.05, 4.69) is 39.0 Å². The molecule has 1 aliphatic heterocycles. The van der Waals surface area contributed by atoms with Crippen LogP contribution in [0.2, 0.25) is 0 Å². The maximum Gasteiger partial charge on any atom is 0.128 e. The smallest absolute Gasteiger partial charge is 0.128 e. The lowest BCUT2D eigenvalue weighted by molar-refractivity contribution is 0.513. The van der Waals surface area contributed by atoms with Crippen molar-refractivity contribution in [3.05, 3.63) is 89.1 Å². The molecule has 0 aliphatic carbocycles. The topological polar surface area (TPSA) is 43.1 Å². The molecular formula is C24H30NOP. The summed E-state index contributed by atoms with van der Waals surface area (Å²) >= 11 is 0. The Morgan fingerprint density at radius 1 is 1.07 bits per heavy atom. The van der Waals surface area contributed by atoms with Crippen molar-refractivity contribution >= 4 is 12.5 Å². The maximum absolute atomic E-state index is 14.7. The van der Waals surface area contributed by atoms with Crippen molar-refractivity contribution in [3.8, 4) is 0 Å². The highest BCUT2D eigenvalue weighted by molar-refractivity contribution is 7.75. The molecule has 0 amide bonds. The lowest BCUT2D eigenvalue weighted by Gasteiger charge is -2.34. The molecule has 142 valence electrons. The van der Waals surface area contributed by atoms with Crippen molar-refractivity contribution in [2.75, 3.05) is 0 Å². The van der Waals surface area contributed by atoms with E-state index in [4.69, 9.17) is 5.73 Å². The van der Waals surface area contributed by atoms with E-state index < -0.39 is 7.14 Å². The van der Waals surface area contributed by atoms with Crippen LogP contribution in [0.25, 0.3) is 5.31 Å². The Morgan fingerprint density at radius 3 is 2.26 bits per heavy atom. The predicted molar refractivity (Wildman–Crippen MR) is 117 cm³/mol. The fourth-order valence-electron chi connectivity index (χ4n) is 4.16. The maximum atomic E-state index is 14.7. The van der Waals surface area contributed by atoms with Gasteiger partial charge in [0.05, 0.1) is 0 Å². The Balaban J connectivity index is 2.05. The molecule has 2 atom stereocenters. The molecule has 3 rings (SSSR count). The van der Waals surface area contributed by atoms with Crippen LogP contribution in [0.4, 0.5) is 0 Å². The SMILES string of the molecule is CC(C)=CCCC1(C)CC(N)=C(c2ccccc2)P1(=O)Cc1ccccc1. The molecule has 2 aromatic carbocycles. The average molecular weight is 379 g/mol. The lowest BCUT2D eigenvalue weighted by atomic mass is 9.98. The molecule has 0 saturated carbocycles. The van der Waals surface area contributed by atoms with Gasteiger partial charge in [0.1, 0.15) is 7.14 Å². The zero-order valence-electron chi connectivity index (χ0n) is 16.6. The quantitative estimate of drug-likeness (QED) is 0.444. The molecule has 0 fully saturated rings. The van der Waals surface area contributed by atoms with Gasteiger partial charge < -0.3 is 10.3 Å². The summed E-state index contributed by atoms with van der Waals surface area (Å²) in [6.07, 6.45) is 5.35. The van der Waals surface area contributed by atoms with Crippen LogP contribution < -0.4 is 5.73 Å². The summed E-state index contributed by atoms with van der Waals surface area (Å²) in [5, 5.41) is 0.607. The molecule has 3 heteroatoms. The van der Waals surface area contributed by atoms with Gasteiger partial charge in [-0.2, -0.15) is 0 Å². The Morgan fingerprint density at radius 2 is 1.67 bits per heavy atom. The first-order valence-corrected chi connectivity index (χ1v) is 11.6. The average Bonchev–Trinajstić information content (AvgIpc) is 2.81. The van der Waals surface area contributed by atoms with E-state index in [1.54, 1.807) is 0 Å². The second-order valence-electron chi connectivity index (χ2n) is 8.12. The molecule has 2 N–H and O–H groups in total. The van der Waals surface area contributed by atoms with Crippen LogP contribution in [-0.4, -0.2) is 5.16 Å². The van der Waals surface area contributed by atoms with Gasteiger partial charge in [-0.3, -0.25) is 0 Å². The van der Waals surface area contributed by atoms with Crippen molar-refractivity contribution in [1.82, 2.24) is 0 Å². The van der Waals surface area contributed by atoms with Gasteiger partial charge in [0.25, 0.3) is 0 Å². The lowest BCUT2D eigenvalue weighted by Crippen LogP contribution is -2.23. The highest BCUT2D eigenvalue weighted by Crippen LogP contribution is 2.76. The van der Waals surface area contributed by atoms with Crippen LogP contribution >= 0.6 is 7.14 Å². The molecule has 0 bridgehead atoms. The molecule has 2 nitrogen and oxygen atoms in total. The summed E-state index contributed by atoms with van der Waals surface area (Å²) in [4.78, 5) is 0. The zero-order chi connectivity index (χ0) is 19.5. The van der Waals surface area contributed by atoms with Crippen molar-refractivity contribution in [2.45, 2.75) is 51.4 Å². The number of allylic oxidation sites excluding steroid dienone is 3. The Hall–Kier alpha value is -2.05. The second kappa shape index (κ2) is 7.90. The van der Waals surface area contributed by atoms with Gasteiger partial charge in [0.15, 0.2) is 0 Å². The number of hydrogen-bond acceptors (Lipinski definition) is 2. The minimum absolute atomic E-state index is 0.302. The second-order valence-corrected chi connectivity index (χ2v) is 11.4. The Labute approximate surface area is 163 Å². The minimum atomic E-state index is -2.74. The fraction of sp³-hybridized carbons (Fsp3) is 0.333. The minimum Gasteiger partial charge on any atom is -0.401 e. The summed E-state index contributed by atoms with van der Waals surface area (Å²) in [7, 11) is -2.74. The van der Waals surface area contributed by atoms with E-state index in [0.717, 1.165) is 35.0 Å². The molecule has 0 aromatic heterocycles. The van der Waals surface area contributed by atoms with Gasteiger partial charge in [-0.15, -0.1) is 0 Å². The molecule has 27 heavy (non-hydrogen) atoms. The third kappa shape index (κ3) is 3.96. The largest absolute Gasteiger partial charge is 0.401 e. The van der Waals surface area contributed by atoms with E-state index >= 15 is 0 Å². The van der Waals surface area contributed by atoms with Crippen LogP contribution in [0.1, 0.15) is 51.2 Å². The molecule has 0 saturated heterocycles. The predicted octanol–water partition coefficient (Wildman–Crippen LogP) is 6.79. The molecular weight excluding hydrogens is 349 g/mol. The van der Waals surface area contributed by atoms with E-state index in [9.17, 15) is 4.57 Å². The monoisotopic (exact) mass is 379 g/mol. The first-order valence-electron chi connectivity index (χ1n) is 9.67. The Bertz CT molecular complexity index is 894. The van der Waals surface area contributed by atoms with Gasteiger partial charge >= 0.3 is 0 Å². The van der Waals surface area contributed by atoms with E-state index in [-0.39, 0.29) is 5.16 Å². The standard InChI is InChI=1S/C24H30NOP/c1-19(2)11-10-16-24(3)17-22(25)23(21-14-8-5-9-15-21)27(24,26)18-20-12-6-4-7-13-20/h4-9,11-15H,10,16-18,25H2,1-3H3. The molecule has 2 aromatic rings. The summed E-state index contributed by atoms with van der Waals surface area (Å²) in [5.74, 6) is 0. The van der Waals surface area contributed by atoms with Gasteiger partial charge in [0, 0.05) is 28.8 Å². The van der Waals surface area contributed by atoms with Gasteiger partial charge in [-0.1, -0.05) is 79.2 Å². The summed E-state index contributed by atoms with van der Waals surface area (Å²) in [6, 6.07) is 20.3. The fourth-order valence-corrected chi connectivity index (χ4v) is 7.99. The zero-order valence-corrected chi connectivity index (χ0v) is 17.5. The van der Waals surface area contributed by atoms with Crippen LogP contribution in [-0.2, 0) is 10.7 Å². The summed E-state index contributed by atoms with van der Waals surface area (Å²) in [5.41, 5.74) is 10.8. The Kier molecular flexibility index (Phi) is 5.77. The first-order chi connectivity index (χ1) is 12.9. The van der Waals surface area contributed by atoms with Gasteiger partial charge in [-0.05, 0) is 37.8 Å². The van der Waals surface area contributed by atoms with Crippen LogP contribution in [0.15, 0.2) is 78.0 Å². The molecule has 0 radical (unpaired) electrons. The molecule has 0 spiro atoms. The first kappa shape index (κ1) is 19.7. The number of nitrogens with two attached hydrogens (primary N) is 1. The van der Waals surface area contributed by atoms with Gasteiger partial charge in [0.2, 0.25) is 0 Å². The van der Waals surface area contributed by atoms with E-state index in [1.807, 2.05) is 48.5 Å². The number of rotatable bonds is 6. The highest BCUT2D eigenvalue weighted by atomic mass is 31.2. The number of benzene rings is 2. The summed E-state index contributed by atoms with van der Waals surface area (Å²) < 4.78 is 14.7. The molecule has 1 aliphatic rings. The van der Waals surface area contributed by atoms with Crippen molar-refractivity contribution in [1.29, 1.82) is 0 Å². The van der Waals surface area contributed by atoms with E-state index in [1.165, 1.54) is 5.57 Å². The van der Waals surface area contributed by atoms with Crippen molar-refractivity contribution in [2.24, 2.45) is 5.73 Å². The normalized spacial score (nSPS) is 24.9. The van der Waals surface area contributed by atoms with Gasteiger partial charge in [-0.25, -0.2) is 0 Å². The van der Waals surface area contributed by atoms with E-state index in [0.29, 0.717) is 12.6 Å². The van der Waals surface area contributed by atoms with Crippen molar-refractivity contribution < 1.29 is 4.57 Å². The van der Waals surface area contributed by atoms with Crippen molar-refractivity contribution in [3.63, 3.8) is 0 Å². The molecule has 2 unspecified atom stereocenters. The van der Waals surface area contributed by atoms with Crippen LogP contribution in [0.3, 0.4) is 0 Å². The highest BCUT2D eigenvalue weighted by Gasteiger charge is 2.52. The molecule has 1 heterocycles. The van der Waals surface area contributed by atoms with Crippen LogP contribution in [0.5, 0.6) is 0 Å². The number of hydrogen-bond donors (Lipinski definition) is 1. The third-order valence-electron chi connectivity index (χ3n) is 5.64.